The molecular weight excluding hydrogens is 464 g/mol. The molecule has 182 valence electrons. The summed E-state index contributed by atoms with van der Waals surface area (Å²) in [5.41, 5.74) is 4.50. The predicted molar refractivity (Wildman–Crippen MR) is 142 cm³/mol. The first kappa shape index (κ1) is 26.3. The molecule has 0 saturated heterocycles. The van der Waals surface area contributed by atoms with Crippen LogP contribution < -0.4 is 5.32 Å². The third-order valence-electron chi connectivity index (χ3n) is 6.20. The molecule has 2 aromatic carbocycles. The number of thioether (sulfide) groups is 1. The summed E-state index contributed by atoms with van der Waals surface area (Å²) in [6.45, 7) is 10.4. The minimum absolute atomic E-state index is 0.0154. The molecule has 3 aromatic rings. The molecule has 1 amide bonds. The highest BCUT2D eigenvalue weighted by atomic mass is 35.5. The first-order valence-electron chi connectivity index (χ1n) is 12.0. The summed E-state index contributed by atoms with van der Waals surface area (Å²) in [6, 6.07) is 13.9. The third-order valence-corrected chi connectivity index (χ3v) is 7.42. The number of amides is 1. The van der Waals surface area contributed by atoms with Crippen molar-refractivity contribution in [2.45, 2.75) is 77.3 Å². The van der Waals surface area contributed by atoms with Crippen LogP contribution in [0.1, 0.15) is 75.0 Å². The van der Waals surface area contributed by atoms with E-state index >= 15 is 0 Å². The van der Waals surface area contributed by atoms with Crippen LogP contribution in [0.15, 0.2) is 47.6 Å². The van der Waals surface area contributed by atoms with E-state index in [1.807, 2.05) is 42.7 Å². The Hall–Kier alpha value is -2.31. The number of unbranched alkanes of at least 4 members (excludes halogenated alkanes) is 1. The van der Waals surface area contributed by atoms with Crippen molar-refractivity contribution in [2.24, 2.45) is 5.92 Å². The van der Waals surface area contributed by atoms with Crippen molar-refractivity contribution in [3.05, 3.63) is 70.0 Å². The van der Waals surface area contributed by atoms with Crippen molar-refractivity contribution in [1.29, 1.82) is 0 Å². The first-order chi connectivity index (χ1) is 16.3. The number of benzene rings is 2. The Kier molecular flexibility index (Phi) is 9.60. The maximum absolute atomic E-state index is 13.0. The van der Waals surface area contributed by atoms with E-state index in [9.17, 15) is 4.79 Å². The monoisotopic (exact) mass is 498 g/mol. The molecule has 3 rings (SSSR count). The second kappa shape index (κ2) is 12.4. The van der Waals surface area contributed by atoms with Gasteiger partial charge in [-0.3, -0.25) is 9.36 Å². The summed E-state index contributed by atoms with van der Waals surface area (Å²) in [5.74, 6) is 1.58. The first-order valence-corrected chi connectivity index (χ1v) is 13.4. The fraction of sp³-hybridized carbons (Fsp3) is 0.444. The van der Waals surface area contributed by atoms with Crippen LogP contribution >= 0.6 is 23.4 Å². The number of carbonyl (C=O) groups excluding carboxylic acids is 1. The Morgan fingerprint density at radius 2 is 1.88 bits per heavy atom. The number of halogens is 1. The summed E-state index contributed by atoms with van der Waals surface area (Å²) >= 11 is 8.01. The van der Waals surface area contributed by atoms with Gasteiger partial charge in [0.1, 0.15) is 0 Å². The minimum atomic E-state index is -0.290. The summed E-state index contributed by atoms with van der Waals surface area (Å²) in [6.07, 6.45) is 3.88. The Morgan fingerprint density at radius 1 is 1.12 bits per heavy atom. The van der Waals surface area contributed by atoms with Crippen LogP contribution in [0.4, 0.5) is 0 Å². The van der Waals surface area contributed by atoms with Crippen molar-refractivity contribution in [1.82, 2.24) is 20.1 Å². The molecule has 1 aromatic heterocycles. The number of nitrogens with zero attached hydrogens (tertiary/aromatic N) is 3. The van der Waals surface area contributed by atoms with Gasteiger partial charge >= 0.3 is 0 Å². The molecule has 0 saturated carbocycles. The van der Waals surface area contributed by atoms with E-state index in [0.29, 0.717) is 10.8 Å². The molecule has 1 heterocycles. The number of hydrogen-bond donors (Lipinski definition) is 1. The van der Waals surface area contributed by atoms with Gasteiger partial charge in [0, 0.05) is 16.7 Å². The highest BCUT2D eigenvalue weighted by Gasteiger charge is 2.24. The van der Waals surface area contributed by atoms with E-state index in [4.69, 9.17) is 11.6 Å². The average molecular weight is 499 g/mol. The van der Waals surface area contributed by atoms with E-state index in [-0.39, 0.29) is 17.9 Å². The molecule has 1 N–H and O–H groups in total. The SMILES string of the molecule is CCCCC(CC)C(=O)NC(C)c1nnc(SCc2ccccc2C)n1-c1cc(Cl)ccc1C. The molecule has 7 heteroatoms. The molecule has 5 nitrogen and oxygen atoms in total. The number of nitrogens with one attached hydrogen (secondary N) is 1. The molecule has 34 heavy (non-hydrogen) atoms. The van der Waals surface area contributed by atoms with Crippen LogP contribution in [0.5, 0.6) is 0 Å². The van der Waals surface area contributed by atoms with Gasteiger partial charge in [0.05, 0.1) is 11.7 Å². The van der Waals surface area contributed by atoms with Crippen LogP contribution in [-0.2, 0) is 10.5 Å². The van der Waals surface area contributed by atoms with Gasteiger partial charge in [0.2, 0.25) is 5.91 Å². The van der Waals surface area contributed by atoms with E-state index in [0.717, 1.165) is 47.8 Å². The van der Waals surface area contributed by atoms with E-state index in [1.165, 1.54) is 11.1 Å². The molecule has 0 aliphatic heterocycles. The maximum Gasteiger partial charge on any atom is 0.223 e. The van der Waals surface area contributed by atoms with Crippen LogP contribution in [0, 0.1) is 19.8 Å². The fourth-order valence-electron chi connectivity index (χ4n) is 3.99. The van der Waals surface area contributed by atoms with Gasteiger partial charge in [-0.1, -0.05) is 80.4 Å². The highest BCUT2D eigenvalue weighted by Crippen LogP contribution is 2.31. The second-order valence-electron chi connectivity index (χ2n) is 8.80. The molecule has 2 unspecified atom stereocenters. The second-order valence-corrected chi connectivity index (χ2v) is 10.2. The molecule has 0 aliphatic carbocycles. The zero-order valence-electron chi connectivity index (χ0n) is 20.8. The van der Waals surface area contributed by atoms with Crippen molar-refractivity contribution < 1.29 is 4.79 Å². The summed E-state index contributed by atoms with van der Waals surface area (Å²) in [5, 5.41) is 13.7. The lowest BCUT2D eigenvalue weighted by Crippen LogP contribution is -2.34. The van der Waals surface area contributed by atoms with Crippen molar-refractivity contribution in [3.63, 3.8) is 0 Å². The Morgan fingerprint density at radius 3 is 2.59 bits per heavy atom. The van der Waals surface area contributed by atoms with Crippen molar-refractivity contribution >= 4 is 29.3 Å². The topological polar surface area (TPSA) is 59.8 Å². The van der Waals surface area contributed by atoms with E-state index in [1.54, 1.807) is 11.8 Å². The van der Waals surface area contributed by atoms with Gasteiger partial charge in [-0.2, -0.15) is 0 Å². The molecule has 2 atom stereocenters. The lowest BCUT2D eigenvalue weighted by Gasteiger charge is -2.21. The Labute approximate surface area is 212 Å². The van der Waals surface area contributed by atoms with Crippen LogP contribution in [0.2, 0.25) is 5.02 Å². The minimum Gasteiger partial charge on any atom is -0.346 e. The molecule has 0 spiro atoms. The van der Waals surface area contributed by atoms with E-state index < -0.39 is 0 Å². The average Bonchev–Trinajstić information content (AvgIpc) is 3.24. The fourth-order valence-corrected chi connectivity index (χ4v) is 5.18. The molecule has 0 fully saturated rings. The number of hydrogen-bond acceptors (Lipinski definition) is 4. The van der Waals surface area contributed by atoms with Gasteiger partial charge < -0.3 is 5.32 Å². The number of aryl methyl sites for hydroxylation is 2. The standard InChI is InChI=1S/C27H35ClN4OS/c1-6-8-12-21(7-2)26(33)29-20(5)25-30-31-27(34-17-22-13-10-9-11-18(22)3)32(25)24-16-23(28)15-14-19(24)4/h9-11,13-16,20-21H,6-8,12,17H2,1-5H3,(H,29,33). The normalized spacial score (nSPS) is 13.0. The number of aromatic nitrogens is 3. The smallest absolute Gasteiger partial charge is 0.223 e. The lowest BCUT2D eigenvalue weighted by atomic mass is 9.98. The Balaban J connectivity index is 1.93. The largest absolute Gasteiger partial charge is 0.346 e. The maximum atomic E-state index is 13.0. The predicted octanol–water partition coefficient (Wildman–Crippen LogP) is 7.22. The third kappa shape index (κ3) is 6.42. The van der Waals surface area contributed by atoms with Gasteiger partial charge in [-0.25, -0.2) is 0 Å². The van der Waals surface area contributed by atoms with Gasteiger partial charge in [-0.05, 0) is 62.4 Å². The van der Waals surface area contributed by atoms with Crippen LogP contribution in [-0.4, -0.2) is 20.7 Å². The molecule has 0 bridgehead atoms. The van der Waals surface area contributed by atoms with Crippen LogP contribution in [0.3, 0.4) is 0 Å². The lowest BCUT2D eigenvalue weighted by molar-refractivity contribution is -0.126. The molecule has 0 aliphatic rings. The number of rotatable bonds is 11. The van der Waals surface area contributed by atoms with Crippen molar-refractivity contribution in [2.75, 3.05) is 0 Å². The Bertz CT molecular complexity index is 1110. The zero-order chi connectivity index (χ0) is 24.7. The molecule has 0 radical (unpaired) electrons. The summed E-state index contributed by atoms with van der Waals surface area (Å²) < 4.78 is 2.04. The van der Waals surface area contributed by atoms with Gasteiger partial charge in [0.15, 0.2) is 11.0 Å². The summed E-state index contributed by atoms with van der Waals surface area (Å²) in [4.78, 5) is 13.0. The van der Waals surface area contributed by atoms with Gasteiger partial charge in [0.25, 0.3) is 0 Å². The van der Waals surface area contributed by atoms with Crippen molar-refractivity contribution in [3.8, 4) is 5.69 Å². The highest BCUT2D eigenvalue weighted by molar-refractivity contribution is 7.98. The number of carbonyl (C=O) groups is 1. The van der Waals surface area contributed by atoms with E-state index in [2.05, 4.69) is 54.5 Å². The van der Waals surface area contributed by atoms with Crippen LogP contribution in [0.25, 0.3) is 5.69 Å². The van der Waals surface area contributed by atoms with Gasteiger partial charge in [-0.15, -0.1) is 10.2 Å². The molecular formula is C27H35ClN4OS. The zero-order valence-corrected chi connectivity index (χ0v) is 22.3. The quantitative estimate of drug-likeness (QED) is 0.283. The summed E-state index contributed by atoms with van der Waals surface area (Å²) in [7, 11) is 0.